The van der Waals surface area contributed by atoms with Crippen LogP contribution in [0.15, 0.2) is 60.7 Å². The summed E-state index contributed by atoms with van der Waals surface area (Å²) in [5.41, 5.74) is 1.90. The first-order valence-corrected chi connectivity index (χ1v) is 8.32. The molecule has 0 amide bonds. The minimum Gasteiger partial charge on any atom is -0.480 e. The molecule has 1 N–H and O–H groups in total. The molecule has 0 fully saturated rings. The van der Waals surface area contributed by atoms with Crippen molar-refractivity contribution in [1.82, 2.24) is 0 Å². The van der Waals surface area contributed by atoms with Crippen LogP contribution in [0.5, 0.6) is 0 Å². The summed E-state index contributed by atoms with van der Waals surface area (Å²) in [4.78, 5) is 20.7. The van der Waals surface area contributed by atoms with Gasteiger partial charge in [-0.1, -0.05) is 83.9 Å². The van der Waals surface area contributed by atoms with Crippen molar-refractivity contribution in [1.29, 1.82) is 0 Å². The Morgan fingerprint density at radius 3 is 1.88 bits per heavy atom. The van der Waals surface area contributed by atoms with Crippen LogP contribution in [0.25, 0.3) is 0 Å². The van der Waals surface area contributed by atoms with Crippen molar-refractivity contribution >= 4 is 47.1 Å². The molecular weight excluding hydrogens is 371 g/mol. The predicted octanol–water partition coefficient (Wildman–Crippen LogP) is 4.52. The zero-order chi connectivity index (χ0) is 18.0. The lowest BCUT2D eigenvalue weighted by molar-refractivity contribution is -0.136. The van der Waals surface area contributed by atoms with Crippen LogP contribution in [-0.2, 0) is 22.4 Å². The van der Waals surface area contributed by atoms with Gasteiger partial charge in [0.25, 0.3) is 0 Å². The molecule has 0 aliphatic carbocycles. The van der Waals surface area contributed by atoms with Crippen molar-refractivity contribution in [2.24, 2.45) is 0 Å². The Hall–Kier alpha value is -1.55. The lowest BCUT2D eigenvalue weighted by Gasteiger charge is -2.10. The Morgan fingerprint density at radius 2 is 1.46 bits per heavy atom. The van der Waals surface area contributed by atoms with Crippen LogP contribution < -0.4 is 0 Å². The second-order valence-electron chi connectivity index (χ2n) is 5.04. The monoisotopic (exact) mass is 386 g/mol. The van der Waals surface area contributed by atoms with Crippen molar-refractivity contribution in [2.75, 3.05) is 0 Å². The topological polar surface area (TPSA) is 54.4 Å². The highest BCUT2D eigenvalue weighted by molar-refractivity contribution is 6.55. The third-order valence-electron chi connectivity index (χ3n) is 2.98. The van der Waals surface area contributed by atoms with Gasteiger partial charge in [0.15, 0.2) is 10.6 Å². The standard InChI is InChI=1S/C9H8Cl2O.C9H9ClO2/c10-9(11,7-12)6-8-4-2-1-3-5-8;10-8(9(11)12)6-7-4-2-1-3-5-7/h1-5,7H,6H2;1-5,8H,6H2,(H,11,12)/t;8-/m.1/s1. The van der Waals surface area contributed by atoms with Gasteiger partial charge in [0.1, 0.15) is 5.38 Å². The van der Waals surface area contributed by atoms with Gasteiger partial charge in [-0.3, -0.25) is 9.59 Å². The third-order valence-corrected chi connectivity index (χ3v) is 3.77. The molecular formula is C18H17Cl3O3. The van der Waals surface area contributed by atoms with Crippen LogP contribution in [0.4, 0.5) is 0 Å². The van der Waals surface area contributed by atoms with E-state index in [0.29, 0.717) is 19.1 Å². The van der Waals surface area contributed by atoms with E-state index in [1.165, 1.54) is 0 Å². The first kappa shape index (κ1) is 20.5. The van der Waals surface area contributed by atoms with Gasteiger partial charge in [-0.15, -0.1) is 11.6 Å². The van der Waals surface area contributed by atoms with E-state index < -0.39 is 15.7 Å². The van der Waals surface area contributed by atoms with Crippen LogP contribution in [-0.4, -0.2) is 27.1 Å². The highest BCUT2D eigenvalue weighted by Gasteiger charge is 2.22. The molecule has 6 heteroatoms. The van der Waals surface area contributed by atoms with Gasteiger partial charge in [-0.05, 0) is 17.5 Å². The number of rotatable bonds is 6. The van der Waals surface area contributed by atoms with Crippen LogP contribution in [0.1, 0.15) is 11.1 Å². The zero-order valence-corrected chi connectivity index (χ0v) is 15.0. The fourth-order valence-corrected chi connectivity index (χ4v) is 2.30. The average molecular weight is 388 g/mol. The van der Waals surface area contributed by atoms with Crippen LogP contribution in [0, 0.1) is 0 Å². The lowest BCUT2D eigenvalue weighted by atomic mass is 10.1. The minimum absolute atomic E-state index is 0.348. The van der Waals surface area contributed by atoms with E-state index in [4.69, 9.17) is 39.9 Å². The fourth-order valence-electron chi connectivity index (χ4n) is 1.82. The molecule has 0 heterocycles. The largest absolute Gasteiger partial charge is 0.480 e. The summed E-state index contributed by atoms with van der Waals surface area (Å²) in [6, 6.07) is 18.7. The summed E-state index contributed by atoms with van der Waals surface area (Å²) < 4.78 is -1.29. The first-order chi connectivity index (χ1) is 11.3. The number of hydrogen-bond acceptors (Lipinski definition) is 2. The number of carboxylic acids is 1. The maximum Gasteiger partial charge on any atom is 0.321 e. The van der Waals surface area contributed by atoms with E-state index in [9.17, 15) is 9.59 Å². The first-order valence-electron chi connectivity index (χ1n) is 7.13. The molecule has 2 aromatic rings. The van der Waals surface area contributed by atoms with Crippen LogP contribution in [0.3, 0.4) is 0 Å². The minimum atomic E-state index is -1.29. The highest BCUT2D eigenvalue weighted by Crippen LogP contribution is 2.23. The van der Waals surface area contributed by atoms with E-state index in [1.807, 2.05) is 60.7 Å². The Balaban J connectivity index is 0.000000240. The summed E-state index contributed by atoms with van der Waals surface area (Å²) in [7, 11) is 0. The number of carbonyl (C=O) groups is 2. The number of halogens is 3. The number of benzene rings is 2. The molecule has 1 atom stereocenters. The molecule has 0 unspecified atom stereocenters. The average Bonchev–Trinajstić information content (AvgIpc) is 2.57. The van der Waals surface area contributed by atoms with Gasteiger partial charge in [0.2, 0.25) is 0 Å². The van der Waals surface area contributed by atoms with E-state index in [2.05, 4.69) is 0 Å². The number of aldehydes is 1. The molecule has 0 aliphatic heterocycles. The molecule has 0 aromatic heterocycles. The molecule has 0 aliphatic rings. The summed E-state index contributed by atoms with van der Waals surface area (Å²) in [5, 5.41) is 7.68. The quantitative estimate of drug-likeness (QED) is 0.585. The fraction of sp³-hybridized carbons (Fsp3) is 0.222. The smallest absolute Gasteiger partial charge is 0.321 e. The molecule has 2 rings (SSSR count). The Morgan fingerprint density at radius 1 is 1.00 bits per heavy atom. The van der Waals surface area contributed by atoms with Gasteiger partial charge >= 0.3 is 5.97 Å². The van der Waals surface area contributed by atoms with Crippen molar-refractivity contribution in [3.05, 3.63) is 71.8 Å². The normalized spacial score (nSPS) is 11.8. The highest BCUT2D eigenvalue weighted by atomic mass is 35.5. The third kappa shape index (κ3) is 8.34. The molecule has 128 valence electrons. The molecule has 0 radical (unpaired) electrons. The Bertz CT molecular complexity index is 630. The van der Waals surface area contributed by atoms with Gasteiger partial charge in [0, 0.05) is 6.42 Å². The number of carboxylic acid groups (broad SMARTS) is 1. The second-order valence-corrected chi connectivity index (χ2v) is 7.11. The number of carbonyl (C=O) groups excluding carboxylic acids is 1. The maximum absolute atomic E-state index is 10.4. The molecule has 0 saturated carbocycles. The van der Waals surface area contributed by atoms with E-state index in [-0.39, 0.29) is 0 Å². The van der Waals surface area contributed by atoms with Crippen molar-refractivity contribution in [3.8, 4) is 0 Å². The SMILES string of the molecule is O=C(O)[C@H](Cl)Cc1ccccc1.O=CC(Cl)(Cl)Cc1ccccc1. The number of hydrogen-bond donors (Lipinski definition) is 1. The van der Waals surface area contributed by atoms with Crippen LogP contribution in [0.2, 0.25) is 0 Å². The number of alkyl halides is 3. The van der Waals surface area contributed by atoms with Gasteiger partial charge in [0.05, 0.1) is 0 Å². The second kappa shape index (κ2) is 10.3. The molecule has 0 spiro atoms. The Kier molecular flexibility index (Phi) is 8.83. The summed E-state index contributed by atoms with van der Waals surface area (Å²) in [5.74, 6) is -0.972. The van der Waals surface area contributed by atoms with Crippen LogP contribution >= 0.6 is 34.8 Å². The molecule has 24 heavy (non-hydrogen) atoms. The van der Waals surface area contributed by atoms with Crippen molar-refractivity contribution < 1.29 is 14.7 Å². The predicted molar refractivity (Wildman–Crippen MR) is 98.1 cm³/mol. The summed E-state index contributed by atoms with van der Waals surface area (Å²) in [6.07, 6.45) is 1.27. The summed E-state index contributed by atoms with van der Waals surface area (Å²) in [6.45, 7) is 0. The van der Waals surface area contributed by atoms with Gasteiger partial charge in [-0.2, -0.15) is 0 Å². The van der Waals surface area contributed by atoms with Gasteiger partial charge < -0.3 is 5.11 Å². The van der Waals surface area contributed by atoms with Crippen molar-refractivity contribution in [3.63, 3.8) is 0 Å². The molecule has 0 bridgehead atoms. The maximum atomic E-state index is 10.4. The van der Waals surface area contributed by atoms with E-state index in [0.717, 1.165) is 11.1 Å². The molecule has 3 nitrogen and oxygen atoms in total. The zero-order valence-electron chi connectivity index (χ0n) is 12.7. The number of aliphatic carboxylic acids is 1. The Labute approximate surface area is 156 Å². The molecule has 2 aromatic carbocycles. The lowest BCUT2D eigenvalue weighted by Crippen LogP contribution is -2.17. The van der Waals surface area contributed by atoms with E-state index in [1.54, 1.807) is 0 Å². The van der Waals surface area contributed by atoms with Gasteiger partial charge in [-0.25, -0.2) is 0 Å². The van der Waals surface area contributed by atoms with Crippen molar-refractivity contribution in [2.45, 2.75) is 22.6 Å². The molecule has 0 saturated heterocycles. The van der Waals surface area contributed by atoms with E-state index >= 15 is 0 Å². The summed E-state index contributed by atoms with van der Waals surface area (Å²) >= 11 is 16.9.